The number of nitriles is 1. The van der Waals surface area contributed by atoms with E-state index in [4.69, 9.17) is 10.00 Å². The second-order valence-electron chi connectivity index (χ2n) is 4.53. The lowest BCUT2D eigenvalue weighted by Gasteiger charge is -2.20. The van der Waals surface area contributed by atoms with E-state index >= 15 is 0 Å². The summed E-state index contributed by atoms with van der Waals surface area (Å²) in [6.07, 6.45) is 3.72. The number of benzene rings is 1. The fourth-order valence-electron chi connectivity index (χ4n) is 2.12. The summed E-state index contributed by atoms with van der Waals surface area (Å²) < 4.78 is 5.40. The number of ether oxygens (including phenoxy) is 1. The maximum Gasteiger partial charge on any atom is 0.146 e. The lowest BCUT2D eigenvalue weighted by atomic mass is 10.2. The van der Waals surface area contributed by atoms with E-state index in [2.05, 4.69) is 23.2 Å². The molecular formula is C16H17N3OS. The summed E-state index contributed by atoms with van der Waals surface area (Å²) in [6, 6.07) is 11.9. The Morgan fingerprint density at radius 3 is 2.86 bits per heavy atom. The first-order valence-electron chi connectivity index (χ1n) is 6.46. The van der Waals surface area contributed by atoms with Crippen LogP contribution in [0.15, 0.2) is 41.4 Å². The Labute approximate surface area is 129 Å². The molecule has 21 heavy (non-hydrogen) atoms. The predicted molar refractivity (Wildman–Crippen MR) is 85.8 cm³/mol. The third-order valence-corrected chi connectivity index (χ3v) is 3.91. The van der Waals surface area contributed by atoms with E-state index in [1.807, 2.05) is 24.3 Å². The van der Waals surface area contributed by atoms with Crippen LogP contribution in [0.4, 0.5) is 5.82 Å². The molecule has 0 fully saturated rings. The fraction of sp³-hybridized carbons (Fsp3) is 0.250. The maximum absolute atomic E-state index is 9.14. The molecule has 4 nitrogen and oxygen atoms in total. The Morgan fingerprint density at radius 1 is 1.38 bits per heavy atom. The number of thioether (sulfide) groups is 1. The Hall–Kier alpha value is -2.19. The second-order valence-corrected chi connectivity index (χ2v) is 5.38. The van der Waals surface area contributed by atoms with Gasteiger partial charge in [0.2, 0.25) is 0 Å². The Morgan fingerprint density at radius 2 is 2.19 bits per heavy atom. The van der Waals surface area contributed by atoms with E-state index in [0.29, 0.717) is 17.9 Å². The summed E-state index contributed by atoms with van der Waals surface area (Å²) in [7, 11) is 3.60. The van der Waals surface area contributed by atoms with Crippen LogP contribution < -0.4 is 9.64 Å². The highest BCUT2D eigenvalue weighted by Crippen LogP contribution is 2.29. The molecular weight excluding hydrogens is 282 g/mol. The highest BCUT2D eigenvalue weighted by molar-refractivity contribution is 7.98. The number of anilines is 1. The third-order valence-electron chi connectivity index (χ3n) is 3.14. The molecule has 2 aromatic rings. The van der Waals surface area contributed by atoms with Crippen LogP contribution in [-0.2, 0) is 6.54 Å². The Balaban J connectivity index is 2.24. The van der Waals surface area contributed by atoms with Gasteiger partial charge in [0.15, 0.2) is 0 Å². The molecule has 0 radical (unpaired) electrons. The maximum atomic E-state index is 9.14. The van der Waals surface area contributed by atoms with Crippen LogP contribution in [0.5, 0.6) is 5.75 Å². The van der Waals surface area contributed by atoms with Crippen LogP contribution in [-0.4, -0.2) is 25.4 Å². The van der Waals surface area contributed by atoms with Crippen LogP contribution in [0, 0.1) is 11.3 Å². The molecule has 0 aliphatic carbocycles. The van der Waals surface area contributed by atoms with Gasteiger partial charge in [-0.05, 0) is 36.1 Å². The molecule has 108 valence electrons. The third kappa shape index (κ3) is 3.47. The first-order chi connectivity index (χ1) is 10.2. The molecule has 1 aromatic heterocycles. The van der Waals surface area contributed by atoms with Crippen molar-refractivity contribution in [2.24, 2.45) is 0 Å². The summed E-state index contributed by atoms with van der Waals surface area (Å²) >= 11 is 1.66. The molecule has 1 heterocycles. The van der Waals surface area contributed by atoms with Crippen molar-refractivity contribution in [1.29, 1.82) is 5.26 Å². The Kier molecular flexibility index (Phi) is 5.07. The van der Waals surface area contributed by atoms with Crippen LogP contribution in [0.2, 0.25) is 0 Å². The van der Waals surface area contributed by atoms with E-state index in [1.165, 1.54) is 0 Å². The summed E-state index contributed by atoms with van der Waals surface area (Å²) in [5.74, 6) is 1.56. The Bertz CT molecular complexity index is 667. The fourth-order valence-corrected chi connectivity index (χ4v) is 2.66. The number of pyridine rings is 1. The summed E-state index contributed by atoms with van der Waals surface area (Å²) in [6.45, 7) is 0.663. The SMILES string of the molecule is COc1cc(CN(C)c2ncccc2C#N)ccc1SC. The molecule has 0 amide bonds. The van der Waals surface area contributed by atoms with Gasteiger partial charge in [-0.25, -0.2) is 4.98 Å². The predicted octanol–water partition coefficient (Wildman–Crippen LogP) is 3.32. The molecule has 0 aliphatic rings. The zero-order valence-corrected chi connectivity index (χ0v) is 13.1. The summed E-state index contributed by atoms with van der Waals surface area (Å²) in [4.78, 5) is 7.36. The van der Waals surface area contributed by atoms with Gasteiger partial charge in [-0.15, -0.1) is 11.8 Å². The molecule has 0 N–H and O–H groups in total. The molecule has 0 unspecified atom stereocenters. The molecule has 0 atom stereocenters. The van der Waals surface area contributed by atoms with Gasteiger partial charge in [0.1, 0.15) is 17.6 Å². The molecule has 5 heteroatoms. The van der Waals surface area contributed by atoms with Gasteiger partial charge in [-0.3, -0.25) is 0 Å². The monoisotopic (exact) mass is 299 g/mol. The van der Waals surface area contributed by atoms with E-state index in [1.54, 1.807) is 37.2 Å². The van der Waals surface area contributed by atoms with E-state index in [0.717, 1.165) is 16.2 Å². The van der Waals surface area contributed by atoms with E-state index in [-0.39, 0.29) is 0 Å². The first kappa shape index (κ1) is 15.2. The van der Waals surface area contributed by atoms with Crippen molar-refractivity contribution in [3.8, 4) is 11.8 Å². The highest BCUT2D eigenvalue weighted by Gasteiger charge is 2.10. The van der Waals surface area contributed by atoms with Crippen molar-refractivity contribution in [2.45, 2.75) is 11.4 Å². The molecule has 0 saturated carbocycles. The van der Waals surface area contributed by atoms with Gasteiger partial charge in [0, 0.05) is 24.7 Å². The van der Waals surface area contributed by atoms with Gasteiger partial charge >= 0.3 is 0 Å². The van der Waals surface area contributed by atoms with Gasteiger partial charge in [0.05, 0.1) is 12.7 Å². The standard InChI is InChI=1S/C16H17N3OS/c1-19(16-13(10-17)5-4-8-18-16)11-12-6-7-15(21-3)14(9-12)20-2/h4-9H,11H2,1-3H3. The minimum absolute atomic E-state index is 0.577. The number of methoxy groups -OCH3 is 1. The molecule has 2 rings (SSSR count). The second kappa shape index (κ2) is 7.00. The zero-order chi connectivity index (χ0) is 15.2. The zero-order valence-electron chi connectivity index (χ0n) is 12.3. The minimum atomic E-state index is 0.577. The number of hydrogen-bond acceptors (Lipinski definition) is 5. The number of hydrogen-bond donors (Lipinski definition) is 0. The molecule has 0 aliphatic heterocycles. The van der Waals surface area contributed by atoms with Gasteiger partial charge in [-0.1, -0.05) is 6.07 Å². The van der Waals surface area contributed by atoms with E-state index in [9.17, 15) is 0 Å². The molecule has 1 aromatic carbocycles. The van der Waals surface area contributed by atoms with Crippen molar-refractivity contribution >= 4 is 17.6 Å². The first-order valence-corrected chi connectivity index (χ1v) is 7.69. The van der Waals surface area contributed by atoms with Crippen molar-refractivity contribution in [2.75, 3.05) is 25.3 Å². The lowest BCUT2D eigenvalue weighted by molar-refractivity contribution is 0.404. The normalized spacial score (nSPS) is 10.0. The van der Waals surface area contributed by atoms with Crippen LogP contribution >= 0.6 is 11.8 Å². The largest absolute Gasteiger partial charge is 0.496 e. The van der Waals surface area contributed by atoms with Crippen LogP contribution in [0.25, 0.3) is 0 Å². The average Bonchev–Trinajstić information content (AvgIpc) is 2.54. The van der Waals surface area contributed by atoms with Gasteiger partial charge in [-0.2, -0.15) is 5.26 Å². The smallest absolute Gasteiger partial charge is 0.146 e. The van der Waals surface area contributed by atoms with Crippen molar-refractivity contribution in [1.82, 2.24) is 4.98 Å². The van der Waals surface area contributed by atoms with Gasteiger partial charge in [0.25, 0.3) is 0 Å². The van der Waals surface area contributed by atoms with Crippen molar-refractivity contribution < 1.29 is 4.74 Å². The number of rotatable bonds is 5. The lowest BCUT2D eigenvalue weighted by Crippen LogP contribution is -2.18. The molecule has 0 saturated heterocycles. The molecule has 0 bridgehead atoms. The van der Waals surface area contributed by atoms with Crippen molar-refractivity contribution in [3.05, 3.63) is 47.7 Å². The van der Waals surface area contributed by atoms with E-state index < -0.39 is 0 Å². The highest BCUT2D eigenvalue weighted by atomic mass is 32.2. The quantitative estimate of drug-likeness (QED) is 0.793. The minimum Gasteiger partial charge on any atom is -0.496 e. The number of nitrogens with zero attached hydrogens (tertiary/aromatic N) is 3. The van der Waals surface area contributed by atoms with Gasteiger partial charge < -0.3 is 9.64 Å². The average molecular weight is 299 g/mol. The summed E-state index contributed by atoms with van der Waals surface area (Å²) in [5, 5.41) is 9.14. The topological polar surface area (TPSA) is 49.1 Å². The van der Waals surface area contributed by atoms with Crippen LogP contribution in [0.3, 0.4) is 0 Å². The summed E-state index contributed by atoms with van der Waals surface area (Å²) in [5.41, 5.74) is 1.69. The number of aromatic nitrogens is 1. The van der Waals surface area contributed by atoms with Crippen LogP contribution in [0.1, 0.15) is 11.1 Å². The molecule has 0 spiro atoms. The van der Waals surface area contributed by atoms with Crippen molar-refractivity contribution in [3.63, 3.8) is 0 Å².